The fourth-order valence-electron chi connectivity index (χ4n) is 1.62. The standard InChI is InChI=1S/C12H16N4O2S/c1-3-18-7-6-16(2)12(17)10-8(13)9-11(19-10)15-5-4-14-9/h4-5H,3,6-7,13H2,1-2H3. The molecule has 0 unspecified atom stereocenters. The Labute approximate surface area is 115 Å². The van der Waals surface area contributed by atoms with Crippen molar-refractivity contribution < 1.29 is 9.53 Å². The Balaban J connectivity index is 2.19. The molecule has 7 heteroatoms. The Morgan fingerprint density at radius 2 is 2.21 bits per heavy atom. The van der Waals surface area contributed by atoms with Crippen LogP contribution in [0.5, 0.6) is 0 Å². The fraction of sp³-hybridized carbons (Fsp3) is 0.417. The highest BCUT2D eigenvalue weighted by atomic mass is 32.1. The number of carbonyl (C=O) groups excluding carboxylic acids is 1. The molecule has 19 heavy (non-hydrogen) atoms. The number of hydrogen-bond donors (Lipinski definition) is 1. The van der Waals surface area contributed by atoms with Gasteiger partial charge in [-0.2, -0.15) is 0 Å². The van der Waals surface area contributed by atoms with Gasteiger partial charge < -0.3 is 15.4 Å². The number of rotatable bonds is 5. The molecule has 6 nitrogen and oxygen atoms in total. The zero-order valence-corrected chi connectivity index (χ0v) is 11.7. The van der Waals surface area contributed by atoms with Crippen LogP contribution < -0.4 is 5.73 Å². The molecule has 0 aliphatic carbocycles. The van der Waals surface area contributed by atoms with E-state index in [1.54, 1.807) is 24.3 Å². The zero-order chi connectivity index (χ0) is 13.8. The lowest BCUT2D eigenvalue weighted by atomic mass is 10.3. The topological polar surface area (TPSA) is 81.3 Å². The predicted molar refractivity (Wildman–Crippen MR) is 75.3 cm³/mol. The van der Waals surface area contributed by atoms with Crippen LogP contribution in [0.25, 0.3) is 10.3 Å². The van der Waals surface area contributed by atoms with Crippen LogP contribution in [0.3, 0.4) is 0 Å². The smallest absolute Gasteiger partial charge is 0.266 e. The first kappa shape index (κ1) is 13.7. The summed E-state index contributed by atoms with van der Waals surface area (Å²) in [5.74, 6) is -0.123. The molecule has 2 aromatic rings. The molecule has 0 bridgehead atoms. The molecular formula is C12H16N4O2S. The van der Waals surface area contributed by atoms with E-state index < -0.39 is 0 Å². The molecule has 2 N–H and O–H groups in total. The van der Waals surface area contributed by atoms with Crippen LogP contribution in [-0.4, -0.2) is 47.6 Å². The number of anilines is 1. The third-order valence-electron chi connectivity index (χ3n) is 2.68. The largest absolute Gasteiger partial charge is 0.396 e. The number of likely N-dealkylation sites (N-methyl/N-ethyl adjacent to an activating group) is 1. The van der Waals surface area contributed by atoms with Gasteiger partial charge in [-0.1, -0.05) is 0 Å². The molecule has 2 heterocycles. The van der Waals surface area contributed by atoms with Gasteiger partial charge in [0.25, 0.3) is 5.91 Å². The van der Waals surface area contributed by atoms with Gasteiger partial charge in [-0.05, 0) is 6.92 Å². The summed E-state index contributed by atoms with van der Waals surface area (Å²) in [6.45, 7) is 3.60. The fourth-order valence-corrected chi connectivity index (χ4v) is 2.64. The molecule has 0 atom stereocenters. The van der Waals surface area contributed by atoms with Crippen LogP contribution in [0.15, 0.2) is 12.4 Å². The number of nitrogens with two attached hydrogens (primary N) is 1. The van der Waals surface area contributed by atoms with Gasteiger partial charge in [0.15, 0.2) is 0 Å². The quantitative estimate of drug-likeness (QED) is 0.837. The second-order valence-electron chi connectivity index (χ2n) is 3.98. The van der Waals surface area contributed by atoms with E-state index in [1.807, 2.05) is 6.92 Å². The van der Waals surface area contributed by atoms with Crippen molar-refractivity contribution in [2.45, 2.75) is 6.92 Å². The number of thiophene rings is 1. The third kappa shape index (κ3) is 2.82. The maximum atomic E-state index is 12.3. The van der Waals surface area contributed by atoms with Crippen LogP contribution in [0.2, 0.25) is 0 Å². The highest BCUT2D eigenvalue weighted by Gasteiger charge is 2.20. The Bertz CT molecular complexity index is 584. The van der Waals surface area contributed by atoms with E-state index >= 15 is 0 Å². The molecule has 0 aliphatic rings. The van der Waals surface area contributed by atoms with Crippen molar-refractivity contribution in [3.05, 3.63) is 17.3 Å². The predicted octanol–water partition coefficient (Wildman–Crippen LogP) is 1.38. The molecule has 0 radical (unpaired) electrons. The summed E-state index contributed by atoms with van der Waals surface area (Å²) in [5, 5.41) is 0. The van der Waals surface area contributed by atoms with Gasteiger partial charge in [0.2, 0.25) is 0 Å². The van der Waals surface area contributed by atoms with E-state index in [2.05, 4.69) is 9.97 Å². The molecule has 0 spiro atoms. The first-order chi connectivity index (χ1) is 9.15. The summed E-state index contributed by atoms with van der Waals surface area (Å²) in [4.78, 5) is 23.3. The summed E-state index contributed by atoms with van der Waals surface area (Å²) in [6, 6.07) is 0. The number of carbonyl (C=O) groups is 1. The lowest BCUT2D eigenvalue weighted by molar-refractivity contribution is 0.0715. The van der Waals surface area contributed by atoms with E-state index in [0.717, 1.165) is 0 Å². The number of ether oxygens (including phenoxy) is 1. The minimum Gasteiger partial charge on any atom is -0.396 e. The van der Waals surface area contributed by atoms with Gasteiger partial charge in [-0.3, -0.25) is 4.79 Å². The van der Waals surface area contributed by atoms with Crippen LogP contribution in [0.1, 0.15) is 16.6 Å². The van der Waals surface area contributed by atoms with Gasteiger partial charge >= 0.3 is 0 Å². The summed E-state index contributed by atoms with van der Waals surface area (Å²) in [7, 11) is 1.73. The molecule has 102 valence electrons. The molecule has 1 amide bonds. The molecule has 2 rings (SSSR count). The van der Waals surface area contributed by atoms with Gasteiger partial charge in [-0.15, -0.1) is 11.3 Å². The minimum atomic E-state index is -0.123. The van der Waals surface area contributed by atoms with Crippen LogP contribution >= 0.6 is 11.3 Å². The third-order valence-corrected chi connectivity index (χ3v) is 3.77. The Morgan fingerprint density at radius 3 is 2.89 bits per heavy atom. The lowest BCUT2D eigenvalue weighted by Crippen LogP contribution is -2.30. The number of aromatic nitrogens is 2. The maximum Gasteiger partial charge on any atom is 0.266 e. The first-order valence-electron chi connectivity index (χ1n) is 5.97. The molecule has 0 aromatic carbocycles. The van der Waals surface area contributed by atoms with Crippen molar-refractivity contribution in [3.8, 4) is 0 Å². The Morgan fingerprint density at radius 1 is 1.47 bits per heavy atom. The summed E-state index contributed by atoms with van der Waals surface area (Å²) in [5.41, 5.74) is 6.96. The van der Waals surface area contributed by atoms with E-state index in [0.29, 0.717) is 40.7 Å². The number of hydrogen-bond acceptors (Lipinski definition) is 6. The Kier molecular flexibility index (Phi) is 4.28. The zero-order valence-electron chi connectivity index (χ0n) is 10.9. The highest BCUT2D eigenvalue weighted by molar-refractivity contribution is 7.21. The van der Waals surface area contributed by atoms with E-state index in [9.17, 15) is 4.79 Å². The second kappa shape index (κ2) is 5.94. The Hall–Kier alpha value is -1.73. The molecule has 2 aromatic heterocycles. The SMILES string of the molecule is CCOCCN(C)C(=O)c1sc2nccnc2c1N. The van der Waals surface area contributed by atoms with Crippen LogP contribution in [0, 0.1) is 0 Å². The number of amides is 1. The van der Waals surface area contributed by atoms with Gasteiger partial charge in [0.1, 0.15) is 15.2 Å². The molecule has 0 fully saturated rings. The molecule has 0 aliphatic heterocycles. The highest BCUT2D eigenvalue weighted by Crippen LogP contribution is 2.31. The number of nitrogen functional groups attached to an aromatic ring is 1. The van der Waals surface area contributed by atoms with Gasteiger partial charge in [0, 0.05) is 32.6 Å². The van der Waals surface area contributed by atoms with Crippen molar-refractivity contribution in [3.63, 3.8) is 0 Å². The molecule has 0 saturated heterocycles. The van der Waals surface area contributed by atoms with Crippen molar-refractivity contribution in [2.24, 2.45) is 0 Å². The average Bonchev–Trinajstić information content (AvgIpc) is 2.76. The monoisotopic (exact) mass is 280 g/mol. The first-order valence-corrected chi connectivity index (χ1v) is 6.79. The second-order valence-corrected chi connectivity index (χ2v) is 4.98. The lowest BCUT2D eigenvalue weighted by Gasteiger charge is -2.16. The number of fused-ring (bicyclic) bond motifs is 1. The molecule has 0 saturated carbocycles. The van der Waals surface area contributed by atoms with Crippen molar-refractivity contribution >= 4 is 33.3 Å². The number of nitrogens with zero attached hydrogens (tertiary/aromatic N) is 3. The van der Waals surface area contributed by atoms with Gasteiger partial charge in [-0.25, -0.2) is 9.97 Å². The van der Waals surface area contributed by atoms with Gasteiger partial charge in [0.05, 0.1) is 12.3 Å². The normalized spacial score (nSPS) is 10.8. The van der Waals surface area contributed by atoms with Crippen molar-refractivity contribution in [1.29, 1.82) is 0 Å². The summed E-state index contributed by atoms with van der Waals surface area (Å²) >= 11 is 1.27. The van der Waals surface area contributed by atoms with Crippen molar-refractivity contribution in [1.82, 2.24) is 14.9 Å². The summed E-state index contributed by atoms with van der Waals surface area (Å²) < 4.78 is 5.23. The van der Waals surface area contributed by atoms with E-state index in [4.69, 9.17) is 10.5 Å². The maximum absolute atomic E-state index is 12.3. The molecular weight excluding hydrogens is 264 g/mol. The van der Waals surface area contributed by atoms with Crippen LogP contribution in [0.4, 0.5) is 5.69 Å². The van der Waals surface area contributed by atoms with Crippen molar-refractivity contribution in [2.75, 3.05) is 32.5 Å². The van der Waals surface area contributed by atoms with Crippen LogP contribution in [-0.2, 0) is 4.74 Å². The summed E-state index contributed by atoms with van der Waals surface area (Å²) in [6.07, 6.45) is 3.16. The average molecular weight is 280 g/mol. The van der Waals surface area contributed by atoms with E-state index in [-0.39, 0.29) is 5.91 Å². The minimum absolute atomic E-state index is 0.123. The van der Waals surface area contributed by atoms with E-state index in [1.165, 1.54) is 11.3 Å².